The largest absolute Gasteiger partial charge is 0.458 e. The van der Waals surface area contributed by atoms with Crippen molar-refractivity contribution in [2.45, 2.75) is 32.8 Å². The van der Waals surface area contributed by atoms with E-state index in [4.69, 9.17) is 4.42 Å². The zero-order valence-electron chi connectivity index (χ0n) is 12.0. The molecule has 2 nitrogen and oxygen atoms in total. The van der Waals surface area contributed by atoms with Gasteiger partial charge in [-0.25, -0.2) is 4.39 Å². The lowest BCUT2D eigenvalue weighted by molar-refractivity contribution is 0.152. The van der Waals surface area contributed by atoms with Crippen molar-refractivity contribution < 1.29 is 13.9 Å². The first-order valence-corrected chi connectivity index (χ1v) is 7.84. The van der Waals surface area contributed by atoms with E-state index in [-0.39, 0.29) is 5.82 Å². The van der Waals surface area contributed by atoms with Gasteiger partial charge in [0.2, 0.25) is 0 Å². The van der Waals surface area contributed by atoms with Crippen LogP contribution in [0.25, 0.3) is 11.0 Å². The Morgan fingerprint density at radius 3 is 2.71 bits per heavy atom. The topological polar surface area (TPSA) is 33.4 Å². The zero-order valence-corrected chi connectivity index (χ0v) is 12.8. The lowest BCUT2D eigenvalue weighted by atomic mass is 10.1. The van der Waals surface area contributed by atoms with E-state index in [1.54, 1.807) is 17.4 Å². The van der Waals surface area contributed by atoms with Crippen molar-refractivity contribution >= 4 is 22.3 Å². The summed E-state index contributed by atoms with van der Waals surface area (Å²) in [4.78, 5) is 2.44. The van der Waals surface area contributed by atoms with E-state index >= 15 is 0 Å². The Morgan fingerprint density at radius 2 is 2.00 bits per heavy atom. The maximum atomic E-state index is 13.3. The van der Waals surface area contributed by atoms with Gasteiger partial charge in [-0.15, -0.1) is 11.3 Å². The third-order valence-electron chi connectivity index (χ3n) is 3.70. The smallest absolute Gasteiger partial charge is 0.137 e. The number of aliphatic hydroxyl groups is 1. The summed E-state index contributed by atoms with van der Waals surface area (Å²) in [5.74, 6) is 0.236. The molecule has 4 heteroatoms. The molecule has 21 heavy (non-hydrogen) atoms. The molecule has 1 N–H and O–H groups in total. The summed E-state index contributed by atoms with van der Waals surface area (Å²) in [6, 6.07) is 8.56. The zero-order chi connectivity index (χ0) is 15.0. The van der Waals surface area contributed by atoms with Crippen LogP contribution in [0.2, 0.25) is 0 Å². The minimum atomic E-state index is -0.705. The average Bonchev–Trinajstić information content (AvgIpc) is 3.04. The third kappa shape index (κ3) is 2.74. The first-order valence-electron chi connectivity index (χ1n) is 7.02. The van der Waals surface area contributed by atoms with Gasteiger partial charge in [-0.05, 0) is 43.7 Å². The predicted molar refractivity (Wildman–Crippen MR) is 83.3 cm³/mol. The number of hydrogen-bond donors (Lipinski definition) is 1. The summed E-state index contributed by atoms with van der Waals surface area (Å²) in [6.07, 6.45) is 0.821. The van der Waals surface area contributed by atoms with E-state index in [9.17, 15) is 9.50 Å². The van der Waals surface area contributed by atoms with Crippen LogP contribution >= 0.6 is 11.3 Å². The van der Waals surface area contributed by atoms with E-state index in [2.05, 4.69) is 13.0 Å². The number of thiophene rings is 1. The van der Waals surface area contributed by atoms with Crippen LogP contribution in [0, 0.1) is 12.7 Å². The second-order valence-corrected chi connectivity index (χ2v) is 6.43. The molecule has 3 aromatic rings. The normalized spacial score (nSPS) is 13.0. The van der Waals surface area contributed by atoms with E-state index in [1.807, 2.05) is 13.0 Å². The molecule has 2 aromatic heterocycles. The standard InChI is InChI=1S/C17H17FO2S/c1-3-12-5-6-13(21-12)9-15(19)17-10(2)14-8-11(18)4-7-16(14)20-17/h4-8,15,19H,3,9H2,1-2H3. The van der Waals surface area contributed by atoms with Crippen LogP contribution in [0.1, 0.15) is 34.1 Å². The summed E-state index contributed by atoms with van der Waals surface area (Å²) in [5.41, 5.74) is 1.42. The molecular formula is C17H17FO2S. The van der Waals surface area contributed by atoms with Crippen LogP contribution in [0.4, 0.5) is 4.39 Å². The highest BCUT2D eigenvalue weighted by Gasteiger charge is 2.19. The Balaban J connectivity index is 1.90. The fourth-order valence-electron chi connectivity index (χ4n) is 2.54. The van der Waals surface area contributed by atoms with Crippen LogP contribution < -0.4 is 0 Å². The summed E-state index contributed by atoms with van der Waals surface area (Å²) in [5, 5.41) is 11.2. The minimum absolute atomic E-state index is 0.293. The Hall–Kier alpha value is -1.65. The second-order valence-electron chi connectivity index (χ2n) is 5.17. The molecule has 1 aromatic carbocycles. The van der Waals surface area contributed by atoms with Crippen LogP contribution in [-0.4, -0.2) is 5.11 Å². The number of aryl methyl sites for hydroxylation is 2. The van der Waals surface area contributed by atoms with Gasteiger partial charge in [-0.3, -0.25) is 0 Å². The highest BCUT2D eigenvalue weighted by atomic mass is 32.1. The molecule has 110 valence electrons. The Morgan fingerprint density at radius 1 is 1.24 bits per heavy atom. The highest BCUT2D eigenvalue weighted by molar-refractivity contribution is 7.11. The van der Waals surface area contributed by atoms with Crippen molar-refractivity contribution in [3.8, 4) is 0 Å². The Kier molecular flexibility index (Phi) is 3.83. The molecule has 0 bridgehead atoms. The fourth-order valence-corrected chi connectivity index (χ4v) is 3.53. The van der Waals surface area contributed by atoms with Gasteiger partial charge in [-0.1, -0.05) is 6.92 Å². The van der Waals surface area contributed by atoms with Gasteiger partial charge in [0.05, 0.1) is 0 Å². The minimum Gasteiger partial charge on any atom is -0.458 e. The van der Waals surface area contributed by atoms with Gasteiger partial charge < -0.3 is 9.52 Å². The molecule has 0 aliphatic rings. The van der Waals surface area contributed by atoms with Crippen molar-refractivity contribution in [1.29, 1.82) is 0 Å². The van der Waals surface area contributed by atoms with Crippen molar-refractivity contribution in [2.24, 2.45) is 0 Å². The fraction of sp³-hybridized carbons (Fsp3) is 0.294. The number of furan rings is 1. The van der Waals surface area contributed by atoms with Gasteiger partial charge in [0.1, 0.15) is 23.3 Å². The van der Waals surface area contributed by atoms with Crippen molar-refractivity contribution in [2.75, 3.05) is 0 Å². The van der Waals surface area contributed by atoms with Crippen LogP contribution in [-0.2, 0) is 12.8 Å². The number of benzene rings is 1. The van der Waals surface area contributed by atoms with Crippen molar-refractivity contribution in [3.63, 3.8) is 0 Å². The maximum absolute atomic E-state index is 13.3. The number of halogens is 1. The lowest BCUT2D eigenvalue weighted by Crippen LogP contribution is -2.00. The van der Waals surface area contributed by atoms with Crippen molar-refractivity contribution in [1.82, 2.24) is 0 Å². The number of hydrogen-bond acceptors (Lipinski definition) is 3. The molecule has 0 saturated heterocycles. The SMILES string of the molecule is CCc1ccc(CC(O)c2oc3ccc(F)cc3c2C)s1. The average molecular weight is 304 g/mol. The summed E-state index contributed by atoms with van der Waals surface area (Å²) in [7, 11) is 0. The van der Waals surface area contributed by atoms with E-state index < -0.39 is 6.10 Å². The summed E-state index contributed by atoms with van der Waals surface area (Å²) in [6.45, 7) is 3.97. The molecule has 1 unspecified atom stereocenters. The molecule has 3 rings (SSSR count). The van der Waals surface area contributed by atoms with Crippen LogP contribution in [0.15, 0.2) is 34.7 Å². The molecule has 0 saturated carbocycles. The molecule has 0 aliphatic carbocycles. The molecule has 0 spiro atoms. The number of rotatable bonds is 4. The monoisotopic (exact) mass is 304 g/mol. The van der Waals surface area contributed by atoms with Gasteiger partial charge in [0, 0.05) is 27.1 Å². The quantitative estimate of drug-likeness (QED) is 0.752. The molecular weight excluding hydrogens is 287 g/mol. The molecule has 1 atom stereocenters. The van der Waals surface area contributed by atoms with Crippen LogP contribution in [0.3, 0.4) is 0 Å². The molecule has 0 amide bonds. The lowest BCUT2D eigenvalue weighted by Gasteiger charge is -2.07. The molecule has 0 fully saturated rings. The maximum Gasteiger partial charge on any atom is 0.137 e. The first kappa shape index (κ1) is 14.3. The Labute approximate surface area is 126 Å². The van der Waals surface area contributed by atoms with Crippen molar-refractivity contribution in [3.05, 3.63) is 57.2 Å². The Bertz CT molecular complexity index is 772. The molecule has 2 heterocycles. The summed E-state index contributed by atoms with van der Waals surface area (Å²) >= 11 is 1.71. The molecule has 0 aliphatic heterocycles. The van der Waals surface area contributed by atoms with E-state index in [0.717, 1.165) is 22.2 Å². The molecule has 0 radical (unpaired) electrons. The van der Waals surface area contributed by atoms with Gasteiger partial charge >= 0.3 is 0 Å². The second kappa shape index (κ2) is 5.62. The van der Waals surface area contributed by atoms with Crippen LogP contribution in [0.5, 0.6) is 0 Å². The van der Waals surface area contributed by atoms with Gasteiger partial charge in [0.15, 0.2) is 0 Å². The highest BCUT2D eigenvalue weighted by Crippen LogP contribution is 2.32. The third-order valence-corrected chi connectivity index (χ3v) is 4.95. The predicted octanol–water partition coefficient (Wildman–Crippen LogP) is 4.78. The van der Waals surface area contributed by atoms with E-state index in [0.29, 0.717) is 17.8 Å². The summed E-state index contributed by atoms with van der Waals surface area (Å²) < 4.78 is 19.0. The van der Waals surface area contributed by atoms with Gasteiger partial charge in [0.25, 0.3) is 0 Å². The van der Waals surface area contributed by atoms with E-state index in [1.165, 1.54) is 17.0 Å². The van der Waals surface area contributed by atoms with Gasteiger partial charge in [-0.2, -0.15) is 0 Å². The number of fused-ring (bicyclic) bond motifs is 1. The number of aliphatic hydroxyl groups excluding tert-OH is 1. The first-order chi connectivity index (χ1) is 10.1.